The van der Waals surface area contributed by atoms with E-state index in [9.17, 15) is 4.79 Å². The van der Waals surface area contributed by atoms with E-state index in [0.29, 0.717) is 19.3 Å². The fourth-order valence-corrected chi connectivity index (χ4v) is 3.98. The summed E-state index contributed by atoms with van der Waals surface area (Å²) < 4.78 is 13.4. The van der Waals surface area contributed by atoms with E-state index in [2.05, 4.69) is 16.0 Å². The quantitative estimate of drug-likeness (QED) is 0.901. The maximum absolute atomic E-state index is 11.5. The molecule has 140 valence electrons. The molecule has 26 heavy (non-hydrogen) atoms. The van der Waals surface area contributed by atoms with E-state index in [1.165, 1.54) is 0 Å². The smallest absolute Gasteiger partial charge is 0.219 e. The third-order valence-electron chi connectivity index (χ3n) is 5.46. The van der Waals surface area contributed by atoms with Gasteiger partial charge in [-0.25, -0.2) is 4.98 Å². The minimum Gasteiger partial charge on any atom is -0.497 e. The molecule has 7 nitrogen and oxygen atoms in total. The molecule has 0 radical (unpaired) electrons. The second-order valence-electron chi connectivity index (χ2n) is 7.11. The number of amides is 1. The zero-order chi connectivity index (χ0) is 18.1. The van der Waals surface area contributed by atoms with Crippen molar-refractivity contribution in [2.75, 3.05) is 33.4 Å². The van der Waals surface area contributed by atoms with Crippen molar-refractivity contribution in [3.05, 3.63) is 24.0 Å². The van der Waals surface area contributed by atoms with Crippen molar-refractivity contribution in [1.29, 1.82) is 0 Å². The van der Waals surface area contributed by atoms with Crippen LogP contribution in [0.2, 0.25) is 0 Å². The van der Waals surface area contributed by atoms with Crippen molar-refractivity contribution in [2.24, 2.45) is 0 Å². The first-order valence-corrected chi connectivity index (χ1v) is 9.27. The lowest BCUT2D eigenvalue weighted by molar-refractivity contribution is -0.129. The lowest BCUT2D eigenvalue weighted by atomic mass is 10.0. The Morgan fingerprint density at radius 3 is 2.92 bits per heavy atom. The molecule has 2 aliphatic rings. The fraction of sp³-hybridized carbons (Fsp3) is 0.579. The number of nitrogens with one attached hydrogen (secondary N) is 1. The summed E-state index contributed by atoms with van der Waals surface area (Å²) in [5.41, 5.74) is 2.08. The Hall–Kier alpha value is -2.12. The first-order chi connectivity index (χ1) is 12.7. The highest BCUT2D eigenvalue weighted by Crippen LogP contribution is 2.28. The zero-order valence-corrected chi connectivity index (χ0v) is 15.4. The first kappa shape index (κ1) is 17.3. The van der Waals surface area contributed by atoms with Crippen molar-refractivity contribution >= 4 is 16.9 Å². The maximum Gasteiger partial charge on any atom is 0.219 e. The molecule has 2 aromatic rings. The van der Waals surface area contributed by atoms with Crippen molar-refractivity contribution in [2.45, 2.75) is 38.5 Å². The van der Waals surface area contributed by atoms with Gasteiger partial charge in [-0.2, -0.15) is 0 Å². The van der Waals surface area contributed by atoms with Gasteiger partial charge in [0, 0.05) is 38.7 Å². The summed E-state index contributed by atoms with van der Waals surface area (Å²) in [6.07, 6.45) is 2.00. The van der Waals surface area contributed by atoms with Gasteiger partial charge in [0.25, 0.3) is 0 Å². The molecule has 4 rings (SSSR count). The molecule has 0 bridgehead atoms. The van der Waals surface area contributed by atoms with Crippen LogP contribution in [0.25, 0.3) is 11.0 Å². The Bertz CT molecular complexity index is 795. The molecular formula is C19H26N4O3. The Morgan fingerprint density at radius 1 is 1.38 bits per heavy atom. The van der Waals surface area contributed by atoms with Crippen molar-refractivity contribution in [3.8, 4) is 5.75 Å². The average Bonchev–Trinajstić information content (AvgIpc) is 3.04. The molecule has 1 atom stereocenters. The minimum absolute atomic E-state index is 0.175. The van der Waals surface area contributed by atoms with E-state index < -0.39 is 0 Å². The van der Waals surface area contributed by atoms with Crippen molar-refractivity contribution < 1.29 is 14.3 Å². The molecule has 1 aromatic carbocycles. The van der Waals surface area contributed by atoms with E-state index in [0.717, 1.165) is 55.1 Å². The standard InChI is InChI=1S/C19H26N4O3/c1-13(24)22-7-5-14(6-8-22)20-10-15-11-26-12-19-21-17-9-16(25-2)3-4-18(17)23(15)19/h3-4,9,14-15,20H,5-8,10-12H2,1-2H3. The highest BCUT2D eigenvalue weighted by atomic mass is 16.5. The third-order valence-corrected chi connectivity index (χ3v) is 5.46. The van der Waals surface area contributed by atoms with Crippen LogP contribution in [0.1, 0.15) is 31.6 Å². The predicted molar refractivity (Wildman–Crippen MR) is 98.3 cm³/mol. The second-order valence-corrected chi connectivity index (χ2v) is 7.11. The molecule has 1 fully saturated rings. The lowest BCUT2D eigenvalue weighted by Gasteiger charge is -2.33. The Balaban J connectivity index is 1.45. The lowest BCUT2D eigenvalue weighted by Crippen LogP contribution is -2.46. The molecule has 0 spiro atoms. The average molecular weight is 358 g/mol. The molecule has 2 aliphatic heterocycles. The van der Waals surface area contributed by atoms with Gasteiger partial charge in [-0.3, -0.25) is 4.79 Å². The highest BCUT2D eigenvalue weighted by Gasteiger charge is 2.26. The van der Waals surface area contributed by atoms with Crippen LogP contribution in [0.3, 0.4) is 0 Å². The molecule has 3 heterocycles. The Kier molecular flexibility index (Phi) is 4.82. The van der Waals surface area contributed by atoms with Gasteiger partial charge in [0.1, 0.15) is 18.2 Å². The van der Waals surface area contributed by atoms with Gasteiger partial charge in [0.15, 0.2) is 0 Å². The first-order valence-electron chi connectivity index (χ1n) is 9.27. The van der Waals surface area contributed by atoms with E-state index in [1.807, 2.05) is 17.0 Å². The van der Waals surface area contributed by atoms with Crippen LogP contribution >= 0.6 is 0 Å². The van der Waals surface area contributed by atoms with E-state index in [4.69, 9.17) is 14.5 Å². The number of imidazole rings is 1. The number of carbonyl (C=O) groups excluding carboxylic acids is 1. The van der Waals surface area contributed by atoms with Gasteiger partial charge in [-0.15, -0.1) is 0 Å². The van der Waals surface area contributed by atoms with Gasteiger partial charge in [-0.05, 0) is 25.0 Å². The topological polar surface area (TPSA) is 68.6 Å². The predicted octanol–water partition coefficient (Wildman–Crippen LogP) is 1.72. The van der Waals surface area contributed by atoms with Gasteiger partial charge in [0.05, 0.1) is 30.8 Å². The molecule has 1 N–H and O–H groups in total. The zero-order valence-electron chi connectivity index (χ0n) is 15.4. The molecule has 0 aliphatic carbocycles. The Labute approximate surface area is 153 Å². The normalized spacial score (nSPS) is 21.0. The maximum atomic E-state index is 11.5. The van der Waals surface area contributed by atoms with Crippen LogP contribution in [-0.4, -0.2) is 59.8 Å². The molecule has 1 saturated heterocycles. The number of benzene rings is 1. The number of rotatable bonds is 4. The van der Waals surface area contributed by atoms with Gasteiger partial charge >= 0.3 is 0 Å². The number of nitrogens with zero attached hydrogens (tertiary/aromatic N) is 3. The van der Waals surface area contributed by atoms with E-state index in [-0.39, 0.29) is 11.9 Å². The SMILES string of the molecule is COc1ccc2c(c1)nc1n2C(CNC2CCN(C(C)=O)CC2)COC1. The molecular weight excluding hydrogens is 332 g/mol. The number of likely N-dealkylation sites (tertiary alicyclic amines) is 1. The number of piperidine rings is 1. The Morgan fingerprint density at radius 2 is 2.19 bits per heavy atom. The summed E-state index contributed by atoms with van der Waals surface area (Å²) in [6, 6.07) is 6.71. The number of ether oxygens (including phenoxy) is 2. The largest absolute Gasteiger partial charge is 0.497 e. The number of aromatic nitrogens is 2. The fourth-order valence-electron chi connectivity index (χ4n) is 3.98. The summed E-state index contributed by atoms with van der Waals surface area (Å²) >= 11 is 0. The summed E-state index contributed by atoms with van der Waals surface area (Å²) in [7, 11) is 1.67. The third kappa shape index (κ3) is 3.29. The summed E-state index contributed by atoms with van der Waals surface area (Å²) in [5, 5.41) is 3.68. The van der Waals surface area contributed by atoms with Crippen LogP contribution in [0.5, 0.6) is 5.75 Å². The number of carbonyl (C=O) groups is 1. The summed E-state index contributed by atoms with van der Waals surface area (Å²) in [6.45, 7) is 5.40. The molecule has 7 heteroatoms. The van der Waals surface area contributed by atoms with Crippen LogP contribution < -0.4 is 10.1 Å². The van der Waals surface area contributed by atoms with Crippen molar-refractivity contribution in [3.63, 3.8) is 0 Å². The molecule has 1 aromatic heterocycles. The van der Waals surface area contributed by atoms with Crippen LogP contribution in [-0.2, 0) is 16.1 Å². The highest BCUT2D eigenvalue weighted by molar-refractivity contribution is 5.78. The van der Waals surface area contributed by atoms with Crippen LogP contribution in [0.4, 0.5) is 0 Å². The minimum atomic E-state index is 0.175. The number of hydrogen-bond acceptors (Lipinski definition) is 5. The summed E-state index contributed by atoms with van der Waals surface area (Å²) in [5.74, 6) is 1.97. The van der Waals surface area contributed by atoms with E-state index in [1.54, 1.807) is 14.0 Å². The number of methoxy groups -OCH3 is 1. The number of fused-ring (bicyclic) bond motifs is 3. The van der Waals surface area contributed by atoms with Crippen LogP contribution in [0.15, 0.2) is 18.2 Å². The van der Waals surface area contributed by atoms with Crippen LogP contribution in [0, 0.1) is 0 Å². The van der Waals surface area contributed by atoms with Gasteiger partial charge in [0.2, 0.25) is 5.91 Å². The van der Waals surface area contributed by atoms with Gasteiger partial charge < -0.3 is 24.3 Å². The number of hydrogen-bond donors (Lipinski definition) is 1. The molecule has 1 unspecified atom stereocenters. The second kappa shape index (κ2) is 7.25. The van der Waals surface area contributed by atoms with Gasteiger partial charge in [-0.1, -0.05) is 0 Å². The van der Waals surface area contributed by atoms with E-state index >= 15 is 0 Å². The molecule has 0 saturated carbocycles. The monoisotopic (exact) mass is 358 g/mol. The molecule has 1 amide bonds. The van der Waals surface area contributed by atoms with Crippen molar-refractivity contribution in [1.82, 2.24) is 19.8 Å². The summed E-state index contributed by atoms with van der Waals surface area (Å²) in [4.78, 5) is 18.1.